The number of aliphatic hydroxyl groups is 1. The van der Waals surface area contributed by atoms with E-state index in [1.165, 1.54) is 25.1 Å². The predicted octanol–water partition coefficient (Wildman–Crippen LogP) is 1.49. The summed E-state index contributed by atoms with van der Waals surface area (Å²) in [5, 5.41) is 14.8. The van der Waals surface area contributed by atoms with Crippen LogP contribution in [0.25, 0.3) is 0 Å². The molecule has 3 N–H and O–H groups in total. The Morgan fingerprint density at radius 2 is 1.47 bits per heavy atom. The SMILES string of the molecule is CC(=O)OC[C@H]1O[C@@H](Oc2cc(CO)ccc2NC(=O)[C@H](C)NC(=O)OC(C)(C)C)[C@H](OC(C)=O)[C@@H](OC(C)=O)[C@@H]1OC(C)=O. The third-order valence-corrected chi connectivity index (χ3v) is 5.80. The maximum absolute atomic E-state index is 13.0. The Kier molecular flexibility index (Phi) is 13.1. The number of ether oxygens (including phenoxy) is 7. The highest BCUT2D eigenvalue weighted by molar-refractivity contribution is 5.97. The van der Waals surface area contributed by atoms with Crippen LogP contribution in [-0.2, 0) is 59.0 Å². The lowest BCUT2D eigenvalue weighted by molar-refractivity contribution is -0.288. The predicted molar refractivity (Wildman–Crippen MR) is 152 cm³/mol. The summed E-state index contributed by atoms with van der Waals surface area (Å²) in [5.41, 5.74) is -0.414. The van der Waals surface area contributed by atoms with Crippen LogP contribution in [0.2, 0.25) is 0 Å². The Balaban J connectivity index is 2.49. The lowest BCUT2D eigenvalue weighted by Gasteiger charge is -2.44. The van der Waals surface area contributed by atoms with E-state index in [-0.39, 0.29) is 11.4 Å². The molecule has 1 aliphatic rings. The third kappa shape index (κ3) is 11.9. The van der Waals surface area contributed by atoms with E-state index in [9.17, 15) is 33.9 Å². The van der Waals surface area contributed by atoms with Crippen molar-refractivity contribution in [1.29, 1.82) is 0 Å². The van der Waals surface area contributed by atoms with Crippen molar-refractivity contribution in [3.05, 3.63) is 23.8 Å². The lowest BCUT2D eigenvalue weighted by Crippen LogP contribution is -2.63. The van der Waals surface area contributed by atoms with E-state index in [4.69, 9.17) is 33.2 Å². The number of rotatable bonds is 11. The maximum Gasteiger partial charge on any atom is 0.408 e. The van der Waals surface area contributed by atoms with Crippen molar-refractivity contribution < 1.29 is 67.0 Å². The number of aliphatic hydroxyl groups excluding tert-OH is 1. The number of anilines is 1. The first kappa shape index (κ1) is 36.8. The van der Waals surface area contributed by atoms with Gasteiger partial charge in [-0.25, -0.2) is 4.79 Å². The van der Waals surface area contributed by atoms with Crippen LogP contribution in [0.1, 0.15) is 61.0 Å². The van der Waals surface area contributed by atoms with Crippen LogP contribution < -0.4 is 15.4 Å². The van der Waals surface area contributed by atoms with Gasteiger partial charge in [0.05, 0.1) is 12.3 Å². The molecule has 1 heterocycles. The highest BCUT2D eigenvalue weighted by Crippen LogP contribution is 2.34. The summed E-state index contributed by atoms with van der Waals surface area (Å²) in [7, 11) is 0. The summed E-state index contributed by atoms with van der Waals surface area (Å²) >= 11 is 0. The van der Waals surface area contributed by atoms with Crippen LogP contribution in [0.3, 0.4) is 0 Å². The molecule has 0 radical (unpaired) electrons. The van der Waals surface area contributed by atoms with E-state index in [1.807, 2.05) is 0 Å². The van der Waals surface area contributed by atoms with Crippen molar-refractivity contribution in [3.63, 3.8) is 0 Å². The van der Waals surface area contributed by atoms with Gasteiger partial charge in [0, 0.05) is 27.7 Å². The number of amides is 2. The zero-order valence-electron chi connectivity index (χ0n) is 26.4. The van der Waals surface area contributed by atoms with Crippen molar-refractivity contribution in [3.8, 4) is 5.75 Å². The molecule has 45 heavy (non-hydrogen) atoms. The molecule has 0 spiro atoms. The molecule has 1 aromatic rings. The molecule has 0 bridgehead atoms. The monoisotopic (exact) mass is 640 g/mol. The van der Waals surface area contributed by atoms with Crippen LogP contribution in [0.4, 0.5) is 10.5 Å². The summed E-state index contributed by atoms with van der Waals surface area (Å²) < 4.78 is 38.4. The Hall–Kier alpha value is -4.44. The fraction of sp³-hybridized carbons (Fsp3) is 0.586. The zero-order chi connectivity index (χ0) is 34.1. The van der Waals surface area contributed by atoms with Crippen LogP contribution in [-0.4, -0.2) is 89.9 Å². The molecule has 1 aliphatic heterocycles. The minimum absolute atomic E-state index is 0.0443. The normalized spacial score (nSPS) is 21.8. The van der Waals surface area contributed by atoms with E-state index in [0.29, 0.717) is 5.56 Å². The Morgan fingerprint density at radius 1 is 0.889 bits per heavy atom. The Bertz CT molecular complexity index is 1260. The second-order valence-electron chi connectivity index (χ2n) is 11.0. The fourth-order valence-corrected chi connectivity index (χ4v) is 4.07. The number of carbonyl (C=O) groups excluding carboxylic acids is 6. The zero-order valence-corrected chi connectivity index (χ0v) is 26.4. The van der Waals surface area contributed by atoms with E-state index in [1.54, 1.807) is 20.8 Å². The van der Waals surface area contributed by atoms with Crippen LogP contribution in [0.5, 0.6) is 5.75 Å². The van der Waals surface area contributed by atoms with Gasteiger partial charge in [-0.1, -0.05) is 6.07 Å². The average Bonchev–Trinajstić information content (AvgIpc) is 2.89. The summed E-state index contributed by atoms with van der Waals surface area (Å²) in [6.45, 7) is 9.87. The first-order valence-electron chi connectivity index (χ1n) is 13.9. The maximum atomic E-state index is 13.0. The molecule has 6 atom stereocenters. The smallest absolute Gasteiger partial charge is 0.408 e. The number of carbonyl (C=O) groups is 6. The number of alkyl carbamates (subject to hydrolysis) is 1. The van der Waals surface area contributed by atoms with Gasteiger partial charge >= 0.3 is 30.0 Å². The molecule has 1 aromatic carbocycles. The largest absolute Gasteiger partial charge is 0.463 e. The second-order valence-corrected chi connectivity index (χ2v) is 11.0. The third-order valence-electron chi connectivity index (χ3n) is 5.80. The molecule has 1 saturated heterocycles. The van der Waals surface area contributed by atoms with Crippen molar-refractivity contribution in [2.75, 3.05) is 11.9 Å². The topological polar surface area (TPSA) is 211 Å². The lowest BCUT2D eigenvalue weighted by atomic mass is 9.98. The van der Waals surface area contributed by atoms with Crippen molar-refractivity contribution >= 4 is 41.6 Å². The second kappa shape index (κ2) is 16.0. The molecule has 1 fully saturated rings. The van der Waals surface area contributed by atoms with E-state index < -0.39 is 91.4 Å². The first-order valence-corrected chi connectivity index (χ1v) is 13.9. The van der Waals surface area contributed by atoms with Gasteiger partial charge in [0.2, 0.25) is 18.3 Å². The molecular weight excluding hydrogens is 600 g/mol. The summed E-state index contributed by atoms with van der Waals surface area (Å²) in [5.74, 6) is -3.94. The molecule has 0 saturated carbocycles. The van der Waals surface area contributed by atoms with Gasteiger partial charge in [0.15, 0.2) is 12.2 Å². The Labute approximate surface area is 259 Å². The van der Waals surface area contributed by atoms with Gasteiger partial charge in [-0.15, -0.1) is 0 Å². The van der Waals surface area contributed by atoms with Gasteiger partial charge in [0.25, 0.3) is 0 Å². The highest BCUT2D eigenvalue weighted by Gasteiger charge is 2.53. The van der Waals surface area contributed by atoms with Crippen LogP contribution in [0.15, 0.2) is 18.2 Å². The first-order chi connectivity index (χ1) is 20.9. The van der Waals surface area contributed by atoms with Gasteiger partial charge in [-0.3, -0.25) is 24.0 Å². The van der Waals surface area contributed by atoms with Crippen molar-refractivity contribution in [2.45, 2.75) is 104 Å². The van der Waals surface area contributed by atoms with Gasteiger partial charge in [-0.2, -0.15) is 0 Å². The number of hydrogen-bond acceptors (Lipinski definition) is 14. The van der Waals surface area contributed by atoms with Gasteiger partial charge < -0.3 is 48.9 Å². The van der Waals surface area contributed by atoms with E-state index in [0.717, 1.165) is 27.7 Å². The van der Waals surface area contributed by atoms with E-state index in [2.05, 4.69) is 10.6 Å². The van der Waals surface area contributed by atoms with Crippen LogP contribution >= 0.6 is 0 Å². The molecule has 2 rings (SSSR count). The number of hydrogen-bond donors (Lipinski definition) is 3. The van der Waals surface area contributed by atoms with Gasteiger partial charge in [0.1, 0.15) is 30.1 Å². The molecular formula is C29H40N2O14. The average molecular weight is 641 g/mol. The number of esters is 4. The van der Waals surface area contributed by atoms with Crippen LogP contribution in [0, 0.1) is 0 Å². The van der Waals surface area contributed by atoms with Crippen molar-refractivity contribution in [1.82, 2.24) is 5.32 Å². The summed E-state index contributed by atoms with van der Waals surface area (Å²) in [4.78, 5) is 73.0. The Morgan fingerprint density at radius 3 is 2.00 bits per heavy atom. The van der Waals surface area contributed by atoms with Crippen molar-refractivity contribution in [2.24, 2.45) is 0 Å². The molecule has 2 amide bonds. The molecule has 16 nitrogen and oxygen atoms in total. The van der Waals surface area contributed by atoms with E-state index >= 15 is 0 Å². The highest BCUT2D eigenvalue weighted by atomic mass is 16.7. The van der Waals surface area contributed by atoms with Gasteiger partial charge in [-0.05, 0) is 45.4 Å². The minimum atomic E-state index is -1.60. The minimum Gasteiger partial charge on any atom is -0.463 e. The molecule has 0 unspecified atom stereocenters. The quantitative estimate of drug-likeness (QED) is 0.231. The molecule has 16 heteroatoms. The summed E-state index contributed by atoms with van der Waals surface area (Å²) in [6, 6.07) is 3.18. The molecule has 0 aromatic heterocycles. The summed E-state index contributed by atoms with van der Waals surface area (Å²) in [6.07, 6.45) is -8.15. The molecule has 250 valence electrons. The number of benzene rings is 1. The fourth-order valence-electron chi connectivity index (χ4n) is 4.07. The standard InChI is InChI=1S/C29H40N2O14/c1-14(30-28(38)45-29(6,7)8)26(37)31-20-10-9-19(12-32)11-21(20)43-27-25(42-18(5)36)24(41-17(4)35)23(40-16(3)34)22(44-27)13-39-15(2)33/h9-11,14,22-25,27,32H,12-13H2,1-8H3,(H,30,38)(H,31,37)/t14-,22+,23+,24-,25+,27+/m0/s1. The molecule has 0 aliphatic carbocycles. The number of nitrogens with one attached hydrogen (secondary N) is 2.